The minimum Gasteiger partial charge on any atom is -0.501 e. The van der Waals surface area contributed by atoms with Gasteiger partial charge in [0.15, 0.2) is 0 Å². The van der Waals surface area contributed by atoms with Crippen LogP contribution in [0.1, 0.15) is 13.3 Å². The maximum atomic E-state index is 4.97. The average molecular weight is 98.1 g/mol. The van der Waals surface area contributed by atoms with E-state index in [2.05, 4.69) is 13.0 Å². The maximum Gasteiger partial charge on any atom is 0.0936 e. The predicted octanol–water partition coefficient (Wildman–Crippen LogP) is 1.56. The lowest BCUT2D eigenvalue weighted by atomic mass is 10.1. The molecule has 0 bridgehead atoms. The quantitative estimate of drug-likeness (QED) is 0.483. The van der Waals surface area contributed by atoms with Crippen LogP contribution in [0.15, 0.2) is 12.3 Å². The SMILES string of the molecule is CCC1C=COC1. The average Bonchev–Trinajstić information content (AvgIpc) is 2.14. The highest BCUT2D eigenvalue weighted by atomic mass is 16.5. The smallest absolute Gasteiger partial charge is 0.0936 e. The molecular formula is C6H10O. The summed E-state index contributed by atoms with van der Waals surface area (Å²) in [6.45, 7) is 3.07. The molecule has 0 aliphatic carbocycles. The lowest BCUT2D eigenvalue weighted by Gasteiger charge is -1.97. The van der Waals surface area contributed by atoms with E-state index >= 15 is 0 Å². The molecule has 0 N–H and O–H groups in total. The Bertz CT molecular complexity index is 76.2. The van der Waals surface area contributed by atoms with Crippen molar-refractivity contribution in [3.8, 4) is 0 Å². The van der Waals surface area contributed by atoms with Gasteiger partial charge in [-0.2, -0.15) is 0 Å². The minimum absolute atomic E-state index is 0.694. The standard InChI is InChI=1S/C6H10O/c1-2-6-3-4-7-5-6/h3-4,6H,2,5H2,1H3. The van der Waals surface area contributed by atoms with Crippen LogP contribution in [0.3, 0.4) is 0 Å². The van der Waals surface area contributed by atoms with Crippen molar-refractivity contribution in [3.63, 3.8) is 0 Å². The third kappa shape index (κ3) is 0.952. The van der Waals surface area contributed by atoms with Crippen LogP contribution >= 0.6 is 0 Å². The van der Waals surface area contributed by atoms with Gasteiger partial charge in [-0.1, -0.05) is 6.92 Å². The Morgan fingerprint density at radius 2 is 2.71 bits per heavy atom. The first-order valence-electron chi connectivity index (χ1n) is 2.71. The first-order chi connectivity index (χ1) is 3.43. The van der Waals surface area contributed by atoms with Crippen LogP contribution in [-0.4, -0.2) is 6.61 Å². The molecule has 1 nitrogen and oxygen atoms in total. The van der Waals surface area contributed by atoms with Gasteiger partial charge in [0.1, 0.15) is 0 Å². The Morgan fingerprint density at radius 1 is 1.86 bits per heavy atom. The van der Waals surface area contributed by atoms with Gasteiger partial charge in [-0.3, -0.25) is 0 Å². The van der Waals surface area contributed by atoms with Gasteiger partial charge in [0.2, 0.25) is 0 Å². The first-order valence-corrected chi connectivity index (χ1v) is 2.71. The van der Waals surface area contributed by atoms with Gasteiger partial charge in [0.25, 0.3) is 0 Å². The Morgan fingerprint density at radius 3 is 3.00 bits per heavy atom. The molecule has 1 unspecified atom stereocenters. The second-order valence-corrected chi connectivity index (χ2v) is 1.83. The molecule has 40 valence electrons. The summed E-state index contributed by atoms with van der Waals surface area (Å²) in [7, 11) is 0. The van der Waals surface area contributed by atoms with Crippen molar-refractivity contribution in [1.82, 2.24) is 0 Å². The van der Waals surface area contributed by atoms with E-state index in [1.165, 1.54) is 6.42 Å². The number of rotatable bonds is 1. The van der Waals surface area contributed by atoms with Gasteiger partial charge in [0.05, 0.1) is 12.9 Å². The number of ether oxygens (including phenoxy) is 1. The molecule has 7 heavy (non-hydrogen) atoms. The third-order valence-electron chi connectivity index (χ3n) is 1.28. The third-order valence-corrected chi connectivity index (χ3v) is 1.28. The van der Waals surface area contributed by atoms with Crippen molar-refractivity contribution in [2.24, 2.45) is 5.92 Å². The van der Waals surface area contributed by atoms with Crippen LogP contribution in [0, 0.1) is 5.92 Å². The zero-order chi connectivity index (χ0) is 5.11. The van der Waals surface area contributed by atoms with E-state index in [1.54, 1.807) is 6.26 Å². The predicted molar refractivity (Wildman–Crippen MR) is 28.9 cm³/mol. The summed E-state index contributed by atoms with van der Waals surface area (Å²) in [5.41, 5.74) is 0. The van der Waals surface area contributed by atoms with Crippen molar-refractivity contribution in [2.75, 3.05) is 6.61 Å². The lowest BCUT2D eigenvalue weighted by Crippen LogP contribution is -1.94. The summed E-state index contributed by atoms with van der Waals surface area (Å²) in [5.74, 6) is 0.694. The molecule has 1 heterocycles. The van der Waals surface area contributed by atoms with E-state index in [0.29, 0.717) is 5.92 Å². The Hall–Kier alpha value is -0.460. The largest absolute Gasteiger partial charge is 0.501 e. The summed E-state index contributed by atoms with van der Waals surface area (Å²) in [6, 6.07) is 0. The molecule has 1 aliphatic heterocycles. The number of hydrogen-bond donors (Lipinski definition) is 0. The zero-order valence-corrected chi connectivity index (χ0v) is 4.55. The highest BCUT2D eigenvalue weighted by Crippen LogP contribution is 2.10. The van der Waals surface area contributed by atoms with Crippen molar-refractivity contribution in [2.45, 2.75) is 13.3 Å². The lowest BCUT2D eigenvalue weighted by molar-refractivity contribution is 0.247. The molecule has 0 aromatic rings. The fraction of sp³-hybridized carbons (Fsp3) is 0.667. The zero-order valence-electron chi connectivity index (χ0n) is 4.55. The van der Waals surface area contributed by atoms with Crippen LogP contribution in [0.4, 0.5) is 0 Å². The summed E-state index contributed by atoms with van der Waals surface area (Å²) in [5, 5.41) is 0. The maximum absolute atomic E-state index is 4.97. The molecule has 0 spiro atoms. The normalized spacial score (nSPS) is 27.9. The van der Waals surface area contributed by atoms with Crippen molar-refractivity contribution < 1.29 is 4.74 Å². The summed E-state index contributed by atoms with van der Waals surface area (Å²) in [4.78, 5) is 0. The van der Waals surface area contributed by atoms with Crippen LogP contribution < -0.4 is 0 Å². The van der Waals surface area contributed by atoms with Gasteiger partial charge < -0.3 is 4.74 Å². The molecule has 0 fully saturated rings. The summed E-state index contributed by atoms with van der Waals surface area (Å²) in [6.07, 6.45) is 5.10. The molecule has 1 heteroatoms. The molecule has 0 saturated carbocycles. The van der Waals surface area contributed by atoms with E-state index in [1.807, 2.05) is 0 Å². The van der Waals surface area contributed by atoms with Gasteiger partial charge in [-0.05, 0) is 12.5 Å². The summed E-state index contributed by atoms with van der Waals surface area (Å²) < 4.78 is 4.97. The molecule has 1 rings (SSSR count). The number of hydrogen-bond acceptors (Lipinski definition) is 1. The van der Waals surface area contributed by atoms with Gasteiger partial charge in [-0.25, -0.2) is 0 Å². The van der Waals surface area contributed by atoms with Gasteiger partial charge in [0, 0.05) is 5.92 Å². The highest BCUT2D eigenvalue weighted by molar-refractivity contribution is 4.87. The Labute approximate surface area is 44.0 Å². The Kier molecular flexibility index (Phi) is 1.35. The van der Waals surface area contributed by atoms with Gasteiger partial charge in [-0.15, -0.1) is 0 Å². The molecule has 0 amide bonds. The van der Waals surface area contributed by atoms with E-state index in [4.69, 9.17) is 4.74 Å². The van der Waals surface area contributed by atoms with Gasteiger partial charge >= 0.3 is 0 Å². The summed E-state index contributed by atoms with van der Waals surface area (Å²) >= 11 is 0. The molecule has 0 radical (unpaired) electrons. The van der Waals surface area contributed by atoms with E-state index in [-0.39, 0.29) is 0 Å². The molecule has 0 aromatic carbocycles. The van der Waals surface area contributed by atoms with Crippen LogP contribution in [-0.2, 0) is 4.74 Å². The minimum atomic E-state index is 0.694. The highest BCUT2D eigenvalue weighted by Gasteiger charge is 2.04. The monoisotopic (exact) mass is 98.1 g/mol. The molecular weight excluding hydrogens is 88.1 g/mol. The second kappa shape index (κ2) is 2.01. The van der Waals surface area contributed by atoms with Crippen molar-refractivity contribution in [3.05, 3.63) is 12.3 Å². The van der Waals surface area contributed by atoms with Crippen LogP contribution in [0.25, 0.3) is 0 Å². The van der Waals surface area contributed by atoms with Crippen LogP contribution in [0.2, 0.25) is 0 Å². The topological polar surface area (TPSA) is 9.23 Å². The van der Waals surface area contributed by atoms with E-state index < -0.39 is 0 Å². The second-order valence-electron chi connectivity index (χ2n) is 1.83. The molecule has 0 aromatic heterocycles. The molecule has 1 aliphatic rings. The van der Waals surface area contributed by atoms with E-state index in [0.717, 1.165) is 6.61 Å². The fourth-order valence-electron chi connectivity index (χ4n) is 0.655. The fourth-order valence-corrected chi connectivity index (χ4v) is 0.655. The van der Waals surface area contributed by atoms with Crippen molar-refractivity contribution in [1.29, 1.82) is 0 Å². The molecule has 0 saturated heterocycles. The molecule has 1 atom stereocenters. The van der Waals surface area contributed by atoms with Crippen LogP contribution in [0.5, 0.6) is 0 Å². The van der Waals surface area contributed by atoms with E-state index in [9.17, 15) is 0 Å². The Balaban J connectivity index is 2.28. The van der Waals surface area contributed by atoms with Crippen molar-refractivity contribution >= 4 is 0 Å². The first kappa shape index (κ1) is 4.69.